The van der Waals surface area contributed by atoms with E-state index in [9.17, 15) is 4.79 Å². The molecule has 0 aliphatic heterocycles. The number of carbonyl (C=O) groups is 1. The summed E-state index contributed by atoms with van der Waals surface area (Å²) < 4.78 is 10.8. The van der Waals surface area contributed by atoms with E-state index in [1.807, 2.05) is 26.0 Å². The van der Waals surface area contributed by atoms with E-state index < -0.39 is 0 Å². The van der Waals surface area contributed by atoms with Gasteiger partial charge in [0.05, 0.1) is 6.61 Å². The van der Waals surface area contributed by atoms with E-state index in [4.69, 9.17) is 9.47 Å². The van der Waals surface area contributed by atoms with E-state index in [0.717, 1.165) is 12.0 Å². The first kappa shape index (κ1) is 22.4. The molecule has 1 atom stereocenters. The first-order chi connectivity index (χ1) is 12.4. The lowest BCUT2D eigenvalue weighted by atomic mass is 10.1. The van der Waals surface area contributed by atoms with Gasteiger partial charge in [0, 0.05) is 30.2 Å². The maximum atomic E-state index is 11.4. The van der Waals surface area contributed by atoms with Crippen molar-refractivity contribution in [3.63, 3.8) is 0 Å². The highest BCUT2D eigenvalue weighted by atomic mass is 16.5. The average molecular weight is 360 g/mol. The van der Waals surface area contributed by atoms with Gasteiger partial charge in [0.1, 0.15) is 13.2 Å². The summed E-state index contributed by atoms with van der Waals surface area (Å²) >= 11 is 0. The van der Waals surface area contributed by atoms with Gasteiger partial charge in [0.15, 0.2) is 5.78 Å². The molecule has 1 N–H and O–H groups in total. The molecule has 0 spiro atoms. The van der Waals surface area contributed by atoms with Crippen molar-refractivity contribution in [1.82, 2.24) is 5.32 Å². The van der Waals surface area contributed by atoms with Crippen LogP contribution in [0.1, 0.15) is 58.2 Å². The van der Waals surface area contributed by atoms with Gasteiger partial charge in [-0.25, -0.2) is 0 Å². The van der Waals surface area contributed by atoms with Crippen molar-refractivity contribution in [3.8, 4) is 11.8 Å². The van der Waals surface area contributed by atoms with E-state index in [1.54, 1.807) is 0 Å². The zero-order chi connectivity index (χ0) is 19.4. The van der Waals surface area contributed by atoms with Crippen LogP contribution in [0.3, 0.4) is 0 Å². The van der Waals surface area contributed by atoms with Crippen LogP contribution >= 0.6 is 0 Å². The van der Waals surface area contributed by atoms with E-state index in [-0.39, 0.29) is 18.3 Å². The Bertz CT molecular complexity index is 582. The lowest BCUT2D eigenvalue weighted by Crippen LogP contribution is -2.25. The quantitative estimate of drug-likeness (QED) is 0.483. The lowest BCUT2D eigenvalue weighted by Gasteiger charge is -2.17. The maximum absolute atomic E-state index is 11.4. The van der Waals surface area contributed by atoms with Crippen LogP contribution in [0, 0.1) is 17.8 Å². The molecule has 0 amide bonds. The second-order valence-corrected chi connectivity index (χ2v) is 7.05. The van der Waals surface area contributed by atoms with Crippen molar-refractivity contribution in [2.75, 3.05) is 26.4 Å². The first-order valence-corrected chi connectivity index (χ1v) is 9.43. The highest BCUT2D eigenvalue weighted by Gasteiger charge is 2.06. The van der Waals surface area contributed by atoms with Gasteiger partial charge in [-0.1, -0.05) is 51.7 Å². The highest BCUT2D eigenvalue weighted by Crippen LogP contribution is 2.13. The summed E-state index contributed by atoms with van der Waals surface area (Å²) in [7, 11) is 0. The van der Waals surface area contributed by atoms with Crippen LogP contribution in [-0.2, 0) is 14.3 Å². The third-order valence-corrected chi connectivity index (χ3v) is 3.87. The van der Waals surface area contributed by atoms with Crippen LogP contribution in [0.15, 0.2) is 24.3 Å². The zero-order valence-corrected chi connectivity index (χ0v) is 16.8. The minimum atomic E-state index is 0.0327. The molecule has 0 heterocycles. The van der Waals surface area contributed by atoms with E-state index in [2.05, 4.69) is 50.1 Å². The smallest absolute Gasteiger partial charge is 0.160 e. The maximum Gasteiger partial charge on any atom is 0.160 e. The fourth-order valence-electron chi connectivity index (χ4n) is 2.32. The molecule has 0 aliphatic carbocycles. The summed E-state index contributed by atoms with van der Waals surface area (Å²) in [6.45, 7) is 11.9. The standard InChI is InChI=1S/C22H33NO3/c1-17(2)22(24)16-26-15-7-14-25-13-6-8-20-9-11-21(12-10-20)19(5)23-18(3)4/h9-12,17-19,23H,7,13-16H2,1-5H3/t19-/m0/s1. The Morgan fingerprint density at radius 3 is 2.31 bits per heavy atom. The Kier molecular flexibility index (Phi) is 10.9. The number of ketones is 1. The summed E-state index contributed by atoms with van der Waals surface area (Å²) in [4.78, 5) is 11.4. The van der Waals surface area contributed by atoms with Crippen molar-refractivity contribution >= 4 is 5.78 Å². The largest absolute Gasteiger partial charge is 0.374 e. The number of ether oxygens (including phenoxy) is 2. The molecule has 0 unspecified atom stereocenters. The Balaban J connectivity index is 2.19. The Hall–Kier alpha value is -1.67. The Morgan fingerprint density at radius 1 is 1.04 bits per heavy atom. The van der Waals surface area contributed by atoms with Crippen LogP contribution in [-0.4, -0.2) is 38.3 Å². The summed E-state index contributed by atoms with van der Waals surface area (Å²) in [6.07, 6.45) is 0.766. The molecule has 0 fully saturated rings. The number of carbonyl (C=O) groups excluding carboxylic acids is 1. The minimum Gasteiger partial charge on any atom is -0.374 e. The van der Waals surface area contributed by atoms with Crippen molar-refractivity contribution in [1.29, 1.82) is 0 Å². The topological polar surface area (TPSA) is 47.6 Å². The van der Waals surface area contributed by atoms with Gasteiger partial charge < -0.3 is 14.8 Å². The second-order valence-electron chi connectivity index (χ2n) is 7.05. The van der Waals surface area contributed by atoms with Gasteiger partial charge >= 0.3 is 0 Å². The molecule has 0 saturated carbocycles. The molecule has 0 aromatic heterocycles. The number of hydrogen-bond acceptors (Lipinski definition) is 4. The molecule has 1 aromatic carbocycles. The zero-order valence-electron chi connectivity index (χ0n) is 16.8. The summed E-state index contributed by atoms with van der Waals surface area (Å²) in [6, 6.07) is 9.10. The van der Waals surface area contributed by atoms with E-state index in [0.29, 0.717) is 31.9 Å². The number of benzene rings is 1. The number of hydrogen-bond donors (Lipinski definition) is 1. The van der Waals surface area contributed by atoms with Crippen LogP contribution in [0.2, 0.25) is 0 Å². The monoisotopic (exact) mass is 359 g/mol. The normalized spacial score (nSPS) is 12.1. The SMILES string of the molecule is CC(C)N[C@@H](C)c1ccc(C#CCOCCCOCC(=O)C(C)C)cc1. The third-order valence-electron chi connectivity index (χ3n) is 3.87. The molecule has 0 radical (unpaired) electrons. The van der Waals surface area contributed by atoms with Crippen molar-refractivity contribution in [2.24, 2.45) is 5.92 Å². The van der Waals surface area contributed by atoms with E-state index in [1.165, 1.54) is 5.56 Å². The molecule has 0 saturated heterocycles. The first-order valence-electron chi connectivity index (χ1n) is 9.43. The van der Waals surface area contributed by atoms with Crippen LogP contribution in [0.25, 0.3) is 0 Å². The molecule has 1 rings (SSSR count). The molecule has 1 aromatic rings. The van der Waals surface area contributed by atoms with Crippen molar-refractivity contribution in [3.05, 3.63) is 35.4 Å². The van der Waals surface area contributed by atoms with Crippen molar-refractivity contribution < 1.29 is 14.3 Å². The average Bonchev–Trinajstić information content (AvgIpc) is 2.59. The van der Waals surface area contributed by atoms with Gasteiger partial charge in [-0.3, -0.25) is 4.79 Å². The number of rotatable bonds is 11. The van der Waals surface area contributed by atoms with Crippen molar-refractivity contribution in [2.45, 2.75) is 53.1 Å². The molecule has 0 bridgehead atoms. The molecule has 144 valence electrons. The molecule has 4 heteroatoms. The van der Waals surface area contributed by atoms with Crippen LogP contribution in [0.4, 0.5) is 0 Å². The Morgan fingerprint density at radius 2 is 1.69 bits per heavy atom. The van der Waals surface area contributed by atoms with Gasteiger partial charge in [0.2, 0.25) is 0 Å². The summed E-state index contributed by atoms with van der Waals surface area (Å²) in [5.74, 6) is 6.30. The lowest BCUT2D eigenvalue weighted by molar-refractivity contribution is -0.126. The van der Waals surface area contributed by atoms with Crippen LogP contribution < -0.4 is 5.32 Å². The van der Waals surface area contributed by atoms with Gasteiger partial charge in [0.25, 0.3) is 0 Å². The molecule has 4 nitrogen and oxygen atoms in total. The predicted molar refractivity (Wildman–Crippen MR) is 106 cm³/mol. The number of Topliss-reactive ketones (excluding diaryl/α,β-unsaturated/α-hetero) is 1. The van der Waals surface area contributed by atoms with Gasteiger partial charge in [-0.05, 0) is 31.0 Å². The minimum absolute atomic E-state index is 0.0327. The predicted octanol–water partition coefficient (Wildman–Crippen LogP) is 3.75. The highest BCUT2D eigenvalue weighted by molar-refractivity contribution is 5.81. The summed E-state index contributed by atoms with van der Waals surface area (Å²) in [5.41, 5.74) is 2.25. The fraction of sp³-hybridized carbons (Fsp3) is 0.591. The molecule has 26 heavy (non-hydrogen) atoms. The Labute approximate surface area is 158 Å². The summed E-state index contributed by atoms with van der Waals surface area (Å²) in [5, 5.41) is 3.49. The number of nitrogens with one attached hydrogen (secondary N) is 1. The van der Waals surface area contributed by atoms with Gasteiger partial charge in [-0.2, -0.15) is 0 Å². The third kappa shape index (κ3) is 9.72. The van der Waals surface area contributed by atoms with E-state index >= 15 is 0 Å². The second kappa shape index (κ2) is 12.6. The molecular weight excluding hydrogens is 326 g/mol. The molecular formula is C22H33NO3. The fourth-order valence-corrected chi connectivity index (χ4v) is 2.32. The van der Waals surface area contributed by atoms with Gasteiger partial charge in [-0.15, -0.1) is 0 Å². The molecule has 0 aliphatic rings. The van der Waals surface area contributed by atoms with Crippen LogP contribution in [0.5, 0.6) is 0 Å².